The molecular formula is C24H38O6P+. The minimum absolute atomic E-state index is 0.0108. The molecule has 0 heterocycles. The number of carbonyl (C=O) groups excluding carboxylic acids is 2. The SMILES string of the molecule is CC(C)(C)OC(=O)CCC(C(=O)OC(C)(C)C)C(OC(C)(C)C)[P+](=O)c1ccccc1. The van der Waals surface area contributed by atoms with Crippen LogP contribution in [0, 0.1) is 5.92 Å². The highest BCUT2D eigenvalue weighted by atomic mass is 31.1. The van der Waals surface area contributed by atoms with E-state index in [0.717, 1.165) is 0 Å². The molecule has 0 saturated heterocycles. The van der Waals surface area contributed by atoms with E-state index in [1.807, 2.05) is 26.8 Å². The molecule has 0 fully saturated rings. The molecule has 3 atom stereocenters. The van der Waals surface area contributed by atoms with Gasteiger partial charge in [0.1, 0.15) is 17.1 Å². The van der Waals surface area contributed by atoms with Gasteiger partial charge in [-0.1, -0.05) is 22.8 Å². The Morgan fingerprint density at radius 1 is 0.839 bits per heavy atom. The lowest BCUT2D eigenvalue weighted by atomic mass is 10.0. The Hall–Kier alpha value is -1.78. The van der Waals surface area contributed by atoms with Crippen LogP contribution >= 0.6 is 7.80 Å². The van der Waals surface area contributed by atoms with E-state index in [-0.39, 0.29) is 12.8 Å². The van der Waals surface area contributed by atoms with E-state index in [9.17, 15) is 14.2 Å². The zero-order valence-electron chi connectivity index (χ0n) is 20.4. The molecule has 0 amide bonds. The first-order valence-corrected chi connectivity index (χ1v) is 12.0. The molecule has 0 aromatic heterocycles. The third-order valence-corrected chi connectivity index (χ3v) is 5.58. The summed E-state index contributed by atoms with van der Waals surface area (Å²) in [4.78, 5) is 25.5. The fraction of sp³-hybridized carbons (Fsp3) is 0.667. The molecule has 0 bridgehead atoms. The second-order valence-electron chi connectivity index (χ2n) is 10.5. The van der Waals surface area contributed by atoms with Gasteiger partial charge in [-0.2, -0.15) is 0 Å². The Bertz CT molecular complexity index is 753. The van der Waals surface area contributed by atoms with E-state index in [0.29, 0.717) is 5.30 Å². The Labute approximate surface area is 187 Å². The van der Waals surface area contributed by atoms with Crippen LogP contribution in [-0.4, -0.2) is 34.6 Å². The standard InChI is InChI=1S/C24H38O6P/c1-22(2,3)28-19(25)16-15-18(20(26)29-23(4,5)6)21(30-24(7,8)9)31(27)17-13-11-10-12-14-17/h10-14,18,21H,15-16H2,1-9H3/q+1. The van der Waals surface area contributed by atoms with Gasteiger partial charge in [-0.3, -0.25) is 9.59 Å². The predicted molar refractivity (Wildman–Crippen MR) is 123 cm³/mol. The summed E-state index contributed by atoms with van der Waals surface area (Å²) in [6, 6.07) is 8.91. The molecular weight excluding hydrogens is 415 g/mol. The van der Waals surface area contributed by atoms with E-state index in [4.69, 9.17) is 14.2 Å². The number of hydrogen-bond donors (Lipinski definition) is 0. The van der Waals surface area contributed by atoms with Crippen molar-refractivity contribution < 1.29 is 28.4 Å². The van der Waals surface area contributed by atoms with Crippen LogP contribution in [0.1, 0.15) is 75.2 Å². The zero-order valence-corrected chi connectivity index (χ0v) is 21.2. The molecule has 3 unspecified atom stereocenters. The summed E-state index contributed by atoms with van der Waals surface area (Å²) < 4.78 is 30.7. The summed E-state index contributed by atoms with van der Waals surface area (Å²) in [5.74, 6) is -2.81. The van der Waals surface area contributed by atoms with Crippen LogP contribution in [-0.2, 0) is 28.4 Å². The minimum atomic E-state index is -2.10. The zero-order chi connectivity index (χ0) is 24.0. The fourth-order valence-corrected chi connectivity index (χ4v) is 4.57. The van der Waals surface area contributed by atoms with E-state index in [2.05, 4.69) is 0 Å². The Kier molecular flexibility index (Phi) is 9.40. The van der Waals surface area contributed by atoms with Crippen LogP contribution < -0.4 is 5.30 Å². The molecule has 0 spiro atoms. The maximum Gasteiger partial charge on any atom is 0.409 e. The number of hydrogen-bond acceptors (Lipinski definition) is 6. The molecule has 0 radical (unpaired) electrons. The first-order valence-electron chi connectivity index (χ1n) is 10.6. The van der Waals surface area contributed by atoms with Gasteiger partial charge in [0.15, 0.2) is 5.30 Å². The topological polar surface area (TPSA) is 78.9 Å². The molecule has 1 aromatic rings. The van der Waals surface area contributed by atoms with Gasteiger partial charge in [-0.15, -0.1) is 0 Å². The van der Waals surface area contributed by atoms with Crippen molar-refractivity contribution in [1.82, 2.24) is 0 Å². The molecule has 1 rings (SSSR count). The van der Waals surface area contributed by atoms with Crippen LogP contribution in [0.5, 0.6) is 0 Å². The van der Waals surface area contributed by atoms with E-state index in [1.165, 1.54) is 0 Å². The molecule has 0 aliphatic rings. The minimum Gasteiger partial charge on any atom is -0.460 e. The summed E-state index contributed by atoms with van der Waals surface area (Å²) >= 11 is 0. The van der Waals surface area contributed by atoms with E-state index in [1.54, 1.807) is 65.8 Å². The van der Waals surface area contributed by atoms with Crippen LogP contribution in [0.2, 0.25) is 0 Å². The number of carbonyl (C=O) groups is 2. The van der Waals surface area contributed by atoms with Crippen molar-refractivity contribution in [3.05, 3.63) is 30.3 Å². The second kappa shape index (κ2) is 10.7. The summed E-state index contributed by atoms with van der Waals surface area (Å²) in [5, 5.41) is 0.581. The van der Waals surface area contributed by atoms with Crippen molar-refractivity contribution in [1.29, 1.82) is 0 Å². The normalized spacial score (nSPS) is 15.1. The maximum absolute atomic E-state index is 13.5. The highest BCUT2D eigenvalue weighted by Gasteiger charge is 2.48. The van der Waals surface area contributed by atoms with Gasteiger partial charge in [-0.25, -0.2) is 0 Å². The molecule has 0 aliphatic heterocycles. The molecule has 1 aromatic carbocycles. The van der Waals surface area contributed by atoms with Gasteiger partial charge >= 0.3 is 19.7 Å². The van der Waals surface area contributed by atoms with Crippen molar-refractivity contribution in [2.24, 2.45) is 5.92 Å². The summed E-state index contributed by atoms with van der Waals surface area (Å²) in [5.41, 5.74) is -2.02. The van der Waals surface area contributed by atoms with Gasteiger partial charge in [0.25, 0.3) is 5.85 Å². The molecule has 0 N–H and O–H groups in total. The Morgan fingerprint density at radius 3 is 1.81 bits per heavy atom. The quantitative estimate of drug-likeness (QED) is 0.389. The smallest absolute Gasteiger partial charge is 0.409 e. The number of benzene rings is 1. The Balaban J connectivity index is 3.27. The first-order chi connectivity index (χ1) is 14.0. The average Bonchev–Trinajstić information content (AvgIpc) is 2.57. The van der Waals surface area contributed by atoms with Gasteiger partial charge in [0.05, 0.1) is 5.60 Å². The van der Waals surface area contributed by atoms with Crippen LogP contribution in [0.25, 0.3) is 0 Å². The Morgan fingerprint density at radius 2 is 1.35 bits per heavy atom. The van der Waals surface area contributed by atoms with Crippen molar-refractivity contribution in [2.75, 3.05) is 0 Å². The third-order valence-electron chi connectivity index (χ3n) is 3.85. The lowest BCUT2D eigenvalue weighted by molar-refractivity contribution is -0.167. The molecule has 31 heavy (non-hydrogen) atoms. The van der Waals surface area contributed by atoms with Gasteiger partial charge in [-0.05, 0) is 80.9 Å². The molecule has 0 saturated carbocycles. The second-order valence-corrected chi connectivity index (χ2v) is 12.2. The summed E-state index contributed by atoms with van der Waals surface area (Å²) in [6.07, 6.45) is 0.0988. The number of ether oxygens (including phenoxy) is 3. The van der Waals surface area contributed by atoms with Gasteiger partial charge in [0.2, 0.25) is 0 Å². The lowest BCUT2D eigenvalue weighted by Gasteiger charge is -2.29. The number of rotatable bonds is 8. The lowest BCUT2D eigenvalue weighted by Crippen LogP contribution is -2.39. The highest BCUT2D eigenvalue weighted by Crippen LogP contribution is 2.39. The van der Waals surface area contributed by atoms with Gasteiger partial charge < -0.3 is 14.2 Å². The molecule has 0 aliphatic carbocycles. The summed E-state index contributed by atoms with van der Waals surface area (Å²) in [6.45, 7) is 16.2. The predicted octanol–water partition coefficient (Wildman–Crippen LogP) is 5.36. The van der Waals surface area contributed by atoms with Crippen LogP contribution in [0.3, 0.4) is 0 Å². The van der Waals surface area contributed by atoms with Crippen molar-refractivity contribution >= 4 is 25.0 Å². The number of esters is 2. The molecule has 7 heteroatoms. The van der Waals surface area contributed by atoms with Crippen molar-refractivity contribution in [3.8, 4) is 0 Å². The molecule has 6 nitrogen and oxygen atoms in total. The molecule has 174 valence electrons. The van der Waals surface area contributed by atoms with E-state index >= 15 is 0 Å². The van der Waals surface area contributed by atoms with E-state index < -0.39 is 48.3 Å². The van der Waals surface area contributed by atoms with Gasteiger partial charge in [0, 0.05) is 6.42 Å². The third kappa shape index (κ3) is 10.9. The van der Waals surface area contributed by atoms with Crippen molar-refractivity contribution in [3.63, 3.8) is 0 Å². The average molecular weight is 454 g/mol. The highest BCUT2D eigenvalue weighted by molar-refractivity contribution is 7.54. The van der Waals surface area contributed by atoms with Crippen molar-refractivity contribution in [2.45, 2.75) is 97.8 Å². The van der Waals surface area contributed by atoms with Crippen LogP contribution in [0.15, 0.2) is 30.3 Å². The monoisotopic (exact) mass is 453 g/mol. The largest absolute Gasteiger partial charge is 0.460 e. The van der Waals surface area contributed by atoms with Crippen LogP contribution in [0.4, 0.5) is 0 Å². The fourth-order valence-electron chi connectivity index (χ4n) is 2.80. The maximum atomic E-state index is 13.5. The first kappa shape index (κ1) is 27.3. The summed E-state index contributed by atoms with van der Waals surface area (Å²) in [7, 11) is -2.10.